The molecule has 7 heterocycles. The van der Waals surface area contributed by atoms with Crippen LogP contribution < -0.4 is 24.6 Å². The summed E-state index contributed by atoms with van der Waals surface area (Å²) in [5, 5.41) is 16.1. The zero-order valence-corrected chi connectivity index (χ0v) is 37.9. The third-order valence-electron chi connectivity index (χ3n) is 15.2. The molecule has 1 amide bonds. The van der Waals surface area contributed by atoms with E-state index in [4.69, 9.17) is 14.5 Å². The average Bonchev–Trinajstić information content (AvgIpc) is 3.95. The number of likely N-dealkylation sites (tertiary alicyclic amines) is 1. The number of aromatic nitrogens is 3. The van der Waals surface area contributed by atoms with Crippen LogP contribution in [0, 0.1) is 21.4 Å². The molecule has 6 aliphatic rings. The second-order valence-corrected chi connectivity index (χ2v) is 21.0. The van der Waals surface area contributed by atoms with E-state index in [2.05, 4.69) is 54.1 Å². The highest BCUT2D eigenvalue weighted by atomic mass is 32.2. The molecule has 3 saturated heterocycles. The molecule has 16 nitrogen and oxygen atoms in total. The summed E-state index contributed by atoms with van der Waals surface area (Å²) < 4.78 is 41.6. The van der Waals surface area contributed by atoms with Crippen LogP contribution in [0.4, 0.5) is 28.6 Å². The van der Waals surface area contributed by atoms with E-state index < -0.39 is 31.4 Å². The number of benzene rings is 2. The zero-order valence-electron chi connectivity index (χ0n) is 37.1. The van der Waals surface area contributed by atoms with Crippen molar-refractivity contribution in [3.8, 4) is 5.88 Å². The second kappa shape index (κ2) is 17.5. The number of piperidine rings is 1. The number of sulfonamides is 1. The molecule has 66 heavy (non-hydrogen) atoms. The van der Waals surface area contributed by atoms with Crippen molar-refractivity contribution >= 4 is 55.5 Å². The van der Waals surface area contributed by atoms with Gasteiger partial charge in [0.25, 0.3) is 15.9 Å². The van der Waals surface area contributed by atoms with Crippen LogP contribution in [0.15, 0.2) is 78.0 Å². The minimum Gasteiger partial charge on any atom is -0.476 e. The molecular formula is C49H57N9O7S. The van der Waals surface area contributed by atoms with E-state index >= 15 is 0 Å². The van der Waals surface area contributed by atoms with E-state index in [-0.39, 0.29) is 17.3 Å². The number of nitrogens with one attached hydrogen (secondary N) is 3. The van der Waals surface area contributed by atoms with Crippen LogP contribution in [-0.2, 0) is 14.8 Å². The SMILES string of the molecule is O=C(NS(=O)(=O)c1cnc(NCC2CCOCC2)c([N+](=O)[O-])c1)c1ccc(N2CCC3(CC2)CC(N2CCC[C@H]2c2ccccc2C2CC2)C3)cc1N1CCCOc2nc3[nH]ccc3cc21. The second-order valence-electron chi connectivity index (χ2n) is 19.3. The van der Waals surface area contributed by atoms with Gasteiger partial charge in [0.15, 0.2) is 0 Å². The van der Waals surface area contributed by atoms with E-state index in [1.165, 1.54) is 45.1 Å². The third kappa shape index (κ3) is 8.34. The molecule has 1 atom stereocenters. The van der Waals surface area contributed by atoms with E-state index in [1.54, 1.807) is 17.2 Å². The molecule has 5 aromatic rings. The Morgan fingerprint density at radius 3 is 2.50 bits per heavy atom. The summed E-state index contributed by atoms with van der Waals surface area (Å²) in [6, 6.07) is 20.7. The van der Waals surface area contributed by atoms with E-state index in [9.17, 15) is 23.3 Å². The lowest BCUT2D eigenvalue weighted by atomic mass is 9.59. The first-order chi connectivity index (χ1) is 32.1. The molecule has 0 unspecified atom stereocenters. The number of nitrogens with zero attached hydrogens (tertiary/aromatic N) is 6. The van der Waals surface area contributed by atoms with Crippen molar-refractivity contribution in [3.63, 3.8) is 0 Å². The number of hydrogen-bond acceptors (Lipinski definition) is 13. The molecule has 2 saturated carbocycles. The summed E-state index contributed by atoms with van der Waals surface area (Å²) in [5.41, 5.74) is 5.88. The van der Waals surface area contributed by atoms with Crippen molar-refractivity contribution in [3.05, 3.63) is 99.9 Å². The quantitative estimate of drug-likeness (QED) is 0.0804. The number of amides is 1. The Labute approximate surface area is 384 Å². The van der Waals surface area contributed by atoms with Crippen LogP contribution in [0.25, 0.3) is 11.0 Å². The predicted molar refractivity (Wildman–Crippen MR) is 251 cm³/mol. The number of rotatable bonds is 12. The molecule has 5 fully saturated rings. The number of ether oxygens (including phenoxy) is 2. The molecule has 17 heteroatoms. The van der Waals surface area contributed by atoms with Crippen molar-refractivity contribution in [1.82, 2.24) is 24.6 Å². The largest absolute Gasteiger partial charge is 0.476 e. The van der Waals surface area contributed by atoms with Gasteiger partial charge < -0.3 is 29.6 Å². The Bertz CT molecular complexity index is 2760. The highest BCUT2D eigenvalue weighted by Crippen LogP contribution is 2.55. The van der Waals surface area contributed by atoms with Gasteiger partial charge in [-0.1, -0.05) is 24.3 Å². The van der Waals surface area contributed by atoms with Gasteiger partial charge in [0.05, 0.1) is 29.0 Å². The summed E-state index contributed by atoms with van der Waals surface area (Å²) in [6.07, 6.45) is 14.8. The van der Waals surface area contributed by atoms with Crippen molar-refractivity contribution in [2.45, 2.75) is 93.5 Å². The van der Waals surface area contributed by atoms with E-state index in [0.29, 0.717) is 79.7 Å². The number of anilines is 4. The number of carbonyl (C=O) groups is 1. The fourth-order valence-electron chi connectivity index (χ4n) is 11.4. The standard InChI is InChI=1S/C49H57N9O7S/c59-47(54-66(62,63)37-27-43(58(60)61)46(52-31-37)51-30-32-13-23-64-24-14-32)40-11-10-35(26-42(40)57-19-4-22-65-48-44(57)25-34-12-17-50-45(34)53-48)55-20-15-49(16-21-55)28-36(29-49)56-18-3-7-41(56)39-6-2-1-5-38(39)33-8-9-33/h1-2,5-6,10-12,17,25-27,31-33,36,41H,3-4,7-9,13-16,18-24,28-30H2,(H,50,53)(H,51,52)(H,54,59)/t41-/m0/s1. The number of carbonyl (C=O) groups excluding carboxylic acids is 1. The first-order valence-electron chi connectivity index (χ1n) is 23.8. The molecule has 2 aromatic carbocycles. The summed E-state index contributed by atoms with van der Waals surface area (Å²) in [6.45, 7) is 5.47. The smallest absolute Gasteiger partial charge is 0.312 e. The molecule has 0 radical (unpaired) electrons. The van der Waals surface area contributed by atoms with Gasteiger partial charge in [0.2, 0.25) is 11.7 Å². The van der Waals surface area contributed by atoms with Gasteiger partial charge in [-0.2, -0.15) is 4.98 Å². The molecule has 0 bridgehead atoms. The average molecular weight is 916 g/mol. The van der Waals surface area contributed by atoms with Crippen molar-refractivity contribution in [2.75, 3.05) is 67.7 Å². The number of nitro groups is 1. The summed E-state index contributed by atoms with van der Waals surface area (Å²) >= 11 is 0. The first kappa shape index (κ1) is 42.8. The molecular weight excluding hydrogens is 859 g/mol. The topological polar surface area (TPSA) is 188 Å². The lowest BCUT2D eigenvalue weighted by molar-refractivity contribution is -0.384. The molecule has 4 aliphatic heterocycles. The molecule has 2 aliphatic carbocycles. The Hall–Kier alpha value is -5.78. The fourth-order valence-corrected chi connectivity index (χ4v) is 12.3. The molecule has 346 valence electrons. The van der Waals surface area contributed by atoms with Gasteiger partial charge in [0.1, 0.15) is 16.2 Å². The van der Waals surface area contributed by atoms with Crippen molar-refractivity contribution < 1.29 is 27.6 Å². The Morgan fingerprint density at radius 1 is 0.909 bits per heavy atom. The number of aromatic amines is 1. The summed E-state index contributed by atoms with van der Waals surface area (Å²) in [4.78, 5) is 44.7. The van der Waals surface area contributed by atoms with Crippen LogP contribution in [0.1, 0.15) is 104 Å². The van der Waals surface area contributed by atoms with Crippen LogP contribution in [-0.4, -0.2) is 97.7 Å². The maximum absolute atomic E-state index is 14.4. The third-order valence-corrected chi connectivity index (χ3v) is 16.5. The van der Waals surface area contributed by atoms with Crippen LogP contribution in [0.2, 0.25) is 0 Å². The van der Waals surface area contributed by atoms with Gasteiger partial charge in [-0.15, -0.1) is 0 Å². The Kier molecular flexibility index (Phi) is 11.3. The van der Waals surface area contributed by atoms with E-state index in [1.807, 2.05) is 35.4 Å². The number of fused-ring (bicyclic) bond motifs is 2. The summed E-state index contributed by atoms with van der Waals surface area (Å²) in [7, 11) is -4.61. The van der Waals surface area contributed by atoms with Crippen molar-refractivity contribution in [1.29, 1.82) is 0 Å². The highest BCUT2D eigenvalue weighted by molar-refractivity contribution is 7.90. The minimum absolute atomic E-state index is 0.0341. The highest BCUT2D eigenvalue weighted by Gasteiger charge is 2.50. The number of H-pyrrole nitrogens is 1. The van der Waals surface area contributed by atoms with Gasteiger partial charge >= 0.3 is 5.69 Å². The Morgan fingerprint density at radius 2 is 1.71 bits per heavy atom. The summed E-state index contributed by atoms with van der Waals surface area (Å²) in [5.74, 6) is 0.488. The minimum atomic E-state index is -4.61. The Balaban J connectivity index is 0.839. The first-order valence-corrected chi connectivity index (χ1v) is 25.2. The monoisotopic (exact) mass is 915 g/mol. The molecule has 3 aromatic heterocycles. The van der Waals surface area contributed by atoms with Gasteiger partial charge in [0, 0.05) is 74.8 Å². The maximum atomic E-state index is 14.4. The zero-order chi connectivity index (χ0) is 45.0. The van der Waals surface area contributed by atoms with Crippen LogP contribution >= 0.6 is 0 Å². The predicted octanol–water partition coefficient (Wildman–Crippen LogP) is 8.21. The van der Waals surface area contributed by atoms with E-state index in [0.717, 1.165) is 68.0 Å². The fraction of sp³-hybridized carbons (Fsp3) is 0.490. The number of hydrogen-bond donors (Lipinski definition) is 3. The molecule has 3 N–H and O–H groups in total. The maximum Gasteiger partial charge on any atom is 0.312 e. The lowest BCUT2D eigenvalue weighted by Crippen LogP contribution is -2.55. The lowest BCUT2D eigenvalue weighted by Gasteiger charge is -2.56. The van der Waals surface area contributed by atoms with Gasteiger partial charge in [-0.25, -0.2) is 18.1 Å². The van der Waals surface area contributed by atoms with Crippen molar-refractivity contribution in [2.24, 2.45) is 11.3 Å². The van der Waals surface area contributed by atoms with Crippen LogP contribution in [0.3, 0.4) is 0 Å². The molecule has 11 rings (SSSR count). The van der Waals surface area contributed by atoms with Gasteiger partial charge in [-0.05, 0) is 136 Å². The van der Waals surface area contributed by atoms with Gasteiger partial charge in [-0.3, -0.25) is 19.8 Å². The molecule has 1 spiro atoms. The van der Waals surface area contributed by atoms with Crippen LogP contribution in [0.5, 0.6) is 5.88 Å². The number of pyridine rings is 2. The normalized spacial score (nSPS) is 21.5.